The van der Waals surface area contributed by atoms with Gasteiger partial charge < -0.3 is 10.4 Å². The van der Waals surface area contributed by atoms with Gasteiger partial charge in [0.25, 0.3) is 0 Å². The van der Waals surface area contributed by atoms with Gasteiger partial charge in [-0.25, -0.2) is 0 Å². The second-order valence-electron chi connectivity index (χ2n) is 7.71. The number of aliphatic hydroxyl groups is 1. The summed E-state index contributed by atoms with van der Waals surface area (Å²) in [4.78, 5) is 2.57. The Balaban J connectivity index is 1.43. The van der Waals surface area contributed by atoms with E-state index >= 15 is 0 Å². The van der Waals surface area contributed by atoms with Gasteiger partial charge in [0.1, 0.15) is 0 Å². The summed E-state index contributed by atoms with van der Waals surface area (Å²) in [5.41, 5.74) is 0. The molecule has 3 fully saturated rings. The van der Waals surface area contributed by atoms with E-state index in [9.17, 15) is 5.11 Å². The second-order valence-corrected chi connectivity index (χ2v) is 7.71. The highest BCUT2D eigenvalue weighted by molar-refractivity contribution is 4.92. The number of aliphatic hydroxyl groups excluding tert-OH is 1. The molecule has 1 aliphatic heterocycles. The predicted molar refractivity (Wildman–Crippen MR) is 91.9 cm³/mol. The van der Waals surface area contributed by atoms with Crippen LogP contribution in [0.4, 0.5) is 0 Å². The van der Waals surface area contributed by atoms with Crippen LogP contribution in [0.5, 0.6) is 0 Å². The molecule has 0 amide bonds. The van der Waals surface area contributed by atoms with Crippen LogP contribution in [0.1, 0.15) is 64.2 Å². The molecule has 0 spiro atoms. The number of nitrogens with one attached hydrogen (secondary N) is 1. The number of rotatable bonds is 7. The van der Waals surface area contributed by atoms with E-state index in [0.29, 0.717) is 12.1 Å². The van der Waals surface area contributed by atoms with E-state index in [1.807, 2.05) is 0 Å². The van der Waals surface area contributed by atoms with Gasteiger partial charge in [-0.1, -0.05) is 18.9 Å². The molecule has 2 saturated carbocycles. The summed E-state index contributed by atoms with van der Waals surface area (Å²) >= 11 is 0. The highest BCUT2D eigenvalue weighted by atomic mass is 16.3. The SMILES string of the molecule is C=CCCC(NC1CCN(C2CCCCC2O)CC1)C1CC1. The van der Waals surface area contributed by atoms with Gasteiger partial charge in [-0.05, 0) is 57.3 Å². The molecule has 2 N–H and O–H groups in total. The maximum absolute atomic E-state index is 10.2. The van der Waals surface area contributed by atoms with Gasteiger partial charge in [0, 0.05) is 31.2 Å². The Hall–Kier alpha value is -0.380. The van der Waals surface area contributed by atoms with Crippen molar-refractivity contribution in [2.45, 2.75) is 88.4 Å². The van der Waals surface area contributed by atoms with Crippen LogP contribution in [0.2, 0.25) is 0 Å². The van der Waals surface area contributed by atoms with Gasteiger partial charge in [-0.15, -0.1) is 6.58 Å². The van der Waals surface area contributed by atoms with Crippen molar-refractivity contribution < 1.29 is 5.11 Å². The van der Waals surface area contributed by atoms with Crippen LogP contribution in [-0.4, -0.2) is 47.3 Å². The number of likely N-dealkylation sites (tertiary alicyclic amines) is 1. The molecular formula is C19H34N2O. The molecular weight excluding hydrogens is 272 g/mol. The van der Waals surface area contributed by atoms with Gasteiger partial charge in [0.15, 0.2) is 0 Å². The van der Waals surface area contributed by atoms with E-state index < -0.39 is 0 Å². The lowest BCUT2D eigenvalue weighted by atomic mass is 9.89. The third-order valence-electron chi connectivity index (χ3n) is 6.02. The Kier molecular flexibility index (Phi) is 5.95. The topological polar surface area (TPSA) is 35.5 Å². The minimum Gasteiger partial charge on any atom is -0.391 e. The average molecular weight is 306 g/mol. The fourth-order valence-corrected chi connectivity index (χ4v) is 4.47. The summed E-state index contributed by atoms with van der Waals surface area (Å²) in [5, 5.41) is 14.2. The molecule has 22 heavy (non-hydrogen) atoms. The third-order valence-corrected chi connectivity index (χ3v) is 6.02. The number of hydrogen-bond acceptors (Lipinski definition) is 3. The smallest absolute Gasteiger partial charge is 0.0695 e. The molecule has 3 aliphatic rings. The quantitative estimate of drug-likeness (QED) is 0.710. The predicted octanol–water partition coefficient (Wildman–Crippen LogP) is 3.09. The van der Waals surface area contributed by atoms with Crippen molar-refractivity contribution >= 4 is 0 Å². The van der Waals surface area contributed by atoms with Crippen LogP contribution >= 0.6 is 0 Å². The third kappa shape index (κ3) is 4.33. The van der Waals surface area contributed by atoms with E-state index in [1.54, 1.807) is 0 Å². The minimum absolute atomic E-state index is 0.0786. The van der Waals surface area contributed by atoms with Crippen LogP contribution < -0.4 is 5.32 Å². The summed E-state index contributed by atoms with van der Waals surface area (Å²) < 4.78 is 0. The molecule has 3 nitrogen and oxygen atoms in total. The number of piperidine rings is 1. The molecule has 0 aromatic heterocycles. The second kappa shape index (κ2) is 7.94. The summed E-state index contributed by atoms with van der Waals surface area (Å²) in [6.45, 7) is 6.20. The van der Waals surface area contributed by atoms with Crippen molar-refractivity contribution in [1.29, 1.82) is 0 Å². The number of hydrogen-bond donors (Lipinski definition) is 2. The van der Waals surface area contributed by atoms with Crippen molar-refractivity contribution in [3.8, 4) is 0 Å². The monoisotopic (exact) mass is 306 g/mol. The molecule has 2 aliphatic carbocycles. The first kappa shape index (κ1) is 16.5. The summed E-state index contributed by atoms with van der Waals surface area (Å²) in [7, 11) is 0. The normalized spacial score (nSPS) is 32.8. The first-order valence-corrected chi connectivity index (χ1v) is 9.57. The van der Waals surface area contributed by atoms with Crippen LogP contribution in [-0.2, 0) is 0 Å². The van der Waals surface area contributed by atoms with Gasteiger partial charge in [0.05, 0.1) is 6.10 Å². The van der Waals surface area contributed by atoms with Crippen molar-refractivity contribution in [3.05, 3.63) is 12.7 Å². The van der Waals surface area contributed by atoms with Crippen molar-refractivity contribution in [1.82, 2.24) is 10.2 Å². The van der Waals surface area contributed by atoms with E-state index in [2.05, 4.69) is 22.9 Å². The number of nitrogens with zero attached hydrogens (tertiary/aromatic N) is 1. The highest BCUT2D eigenvalue weighted by Gasteiger charge is 2.35. The van der Waals surface area contributed by atoms with E-state index in [0.717, 1.165) is 37.9 Å². The van der Waals surface area contributed by atoms with E-state index in [4.69, 9.17) is 0 Å². The molecule has 3 rings (SSSR count). The van der Waals surface area contributed by atoms with Crippen molar-refractivity contribution in [3.63, 3.8) is 0 Å². The van der Waals surface area contributed by atoms with E-state index in [1.165, 1.54) is 51.4 Å². The van der Waals surface area contributed by atoms with Crippen molar-refractivity contribution in [2.75, 3.05) is 13.1 Å². The first-order chi connectivity index (χ1) is 10.8. The Bertz CT molecular complexity index is 347. The molecule has 3 atom stereocenters. The Labute approximate surface area is 136 Å². The van der Waals surface area contributed by atoms with Gasteiger partial charge in [-0.3, -0.25) is 4.90 Å². The zero-order chi connectivity index (χ0) is 15.4. The number of allylic oxidation sites excluding steroid dienone is 1. The zero-order valence-electron chi connectivity index (χ0n) is 14.1. The molecule has 0 aromatic rings. The fraction of sp³-hybridized carbons (Fsp3) is 0.895. The Morgan fingerprint density at radius 3 is 2.45 bits per heavy atom. The highest BCUT2D eigenvalue weighted by Crippen LogP contribution is 2.35. The van der Waals surface area contributed by atoms with Crippen LogP contribution in [0.25, 0.3) is 0 Å². The van der Waals surface area contributed by atoms with Gasteiger partial charge in [-0.2, -0.15) is 0 Å². The maximum Gasteiger partial charge on any atom is 0.0695 e. The largest absolute Gasteiger partial charge is 0.391 e. The van der Waals surface area contributed by atoms with Crippen molar-refractivity contribution in [2.24, 2.45) is 5.92 Å². The zero-order valence-corrected chi connectivity index (χ0v) is 14.1. The van der Waals surface area contributed by atoms with E-state index in [-0.39, 0.29) is 6.10 Å². The lowest BCUT2D eigenvalue weighted by Gasteiger charge is -2.42. The van der Waals surface area contributed by atoms with Gasteiger partial charge >= 0.3 is 0 Å². The molecule has 0 radical (unpaired) electrons. The van der Waals surface area contributed by atoms with Gasteiger partial charge in [0.2, 0.25) is 0 Å². The summed E-state index contributed by atoms with van der Waals surface area (Å²) in [5.74, 6) is 0.929. The molecule has 126 valence electrons. The average Bonchev–Trinajstić information content (AvgIpc) is 3.37. The minimum atomic E-state index is -0.0786. The summed E-state index contributed by atoms with van der Waals surface area (Å²) in [6, 6.07) is 1.84. The fourth-order valence-electron chi connectivity index (χ4n) is 4.47. The Morgan fingerprint density at radius 2 is 1.82 bits per heavy atom. The lowest BCUT2D eigenvalue weighted by molar-refractivity contribution is 0.00640. The van der Waals surface area contributed by atoms with Crippen LogP contribution in [0.3, 0.4) is 0 Å². The standard InChI is InChI=1S/C19H34N2O/c1-2-3-6-17(15-9-10-15)20-16-11-13-21(14-12-16)18-7-4-5-8-19(18)22/h2,15-20,22H,1,3-14H2. The maximum atomic E-state index is 10.2. The van der Waals surface area contributed by atoms with Crippen LogP contribution in [0.15, 0.2) is 12.7 Å². The molecule has 3 heteroatoms. The molecule has 1 saturated heterocycles. The Morgan fingerprint density at radius 1 is 1.09 bits per heavy atom. The molecule has 3 unspecified atom stereocenters. The lowest BCUT2D eigenvalue weighted by Crippen LogP contribution is -2.53. The van der Waals surface area contributed by atoms with Crippen LogP contribution in [0, 0.1) is 5.92 Å². The first-order valence-electron chi connectivity index (χ1n) is 9.57. The molecule has 0 bridgehead atoms. The summed E-state index contributed by atoms with van der Waals surface area (Å²) in [6.07, 6.45) is 14.4. The molecule has 1 heterocycles. The molecule has 0 aromatic carbocycles.